The van der Waals surface area contributed by atoms with E-state index in [0.717, 1.165) is 29.7 Å². The zero-order valence-corrected chi connectivity index (χ0v) is 28.5. The van der Waals surface area contributed by atoms with Crippen molar-refractivity contribution in [3.63, 3.8) is 0 Å². The lowest BCUT2D eigenvalue weighted by Gasteiger charge is -2.14. The van der Waals surface area contributed by atoms with Crippen molar-refractivity contribution < 1.29 is 14.3 Å². The van der Waals surface area contributed by atoms with E-state index >= 15 is 0 Å². The van der Waals surface area contributed by atoms with Crippen molar-refractivity contribution in [1.29, 1.82) is 0 Å². The summed E-state index contributed by atoms with van der Waals surface area (Å²) in [6.07, 6.45) is 18.1. The molecule has 0 radical (unpaired) electrons. The van der Waals surface area contributed by atoms with Gasteiger partial charge in [0.2, 0.25) is 5.91 Å². The van der Waals surface area contributed by atoms with Crippen molar-refractivity contribution in [2.45, 2.75) is 143 Å². The highest BCUT2D eigenvalue weighted by atomic mass is 35.5. The van der Waals surface area contributed by atoms with Crippen molar-refractivity contribution >= 4 is 34.8 Å². The quantitative estimate of drug-likeness (QED) is 0.0959. The molecule has 0 aliphatic carbocycles. The first-order chi connectivity index (χ1) is 21.1. The lowest BCUT2D eigenvalue weighted by molar-refractivity contribution is -0.144. The maximum atomic E-state index is 12.7. The Labute approximate surface area is 269 Å². The highest BCUT2D eigenvalue weighted by molar-refractivity contribution is 6.34. The normalized spacial score (nSPS) is 11.8. The van der Waals surface area contributed by atoms with Crippen molar-refractivity contribution in [3.8, 4) is 11.4 Å². The zero-order chi connectivity index (χ0) is 32.0. The molecule has 0 aliphatic rings. The number of carbonyl (C=O) groups is 2. The van der Waals surface area contributed by atoms with Gasteiger partial charge in [-0.15, -0.1) is 9.73 Å². The SMILES string of the molecule is CCCCCCCCCCCCCCCCOC(=O)CCC(=O)Nc1ccc(C)cc1-c1nn2nc(C(C)(C)C)c(Cl)c2[nH]1. The third-order valence-electron chi connectivity index (χ3n) is 7.97. The second kappa shape index (κ2) is 18.2. The van der Waals surface area contributed by atoms with Crippen LogP contribution in [0.1, 0.15) is 142 Å². The smallest absolute Gasteiger partial charge is 0.306 e. The summed E-state index contributed by atoms with van der Waals surface area (Å²) < 4.78 is 6.87. The van der Waals surface area contributed by atoms with E-state index in [2.05, 4.69) is 27.4 Å². The highest BCUT2D eigenvalue weighted by Crippen LogP contribution is 2.33. The Bertz CT molecular complexity index is 1320. The summed E-state index contributed by atoms with van der Waals surface area (Å²) in [4.78, 5) is 28.2. The molecule has 2 heterocycles. The summed E-state index contributed by atoms with van der Waals surface area (Å²) in [7, 11) is 0. The Kier molecular flexibility index (Phi) is 14.7. The number of aryl methyl sites for hydroxylation is 1. The number of anilines is 1. The van der Waals surface area contributed by atoms with E-state index in [0.29, 0.717) is 28.8 Å². The van der Waals surface area contributed by atoms with Crippen molar-refractivity contribution in [2.75, 3.05) is 11.9 Å². The van der Waals surface area contributed by atoms with Crippen LogP contribution in [0.4, 0.5) is 5.69 Å². The fourth-order valence-corrected chi connectivity index (χ4v) is 5.79. The Morgan fingerprint density at radius 1 is 0.886 bits per heavy atom. The lowest BCUT2D eigenvalue weighted by atomic mass is 9.92. The molecule has 3 rings (SSSR count). The van der Waals surface area contributed by atoms with E-state index in [1.165, 1.54) is 81.7 Å². The first kappa shape index (κ1) is 35.6. The molecule has 244 valence electrons. The fourth-order valence-electron chi connectivity index (χ4n) is 5.34. The second-order valence-corrected chi connectivity index (χ2v) is 13.5. The minimum Gasteiger partial charge on any atom is -0.466 e. The van der Waals surface area contributed by atoms with E-state index in [9.17, 15) is 9.59 Å². The number of amides is 1. The first-order valence-electron chi connectivity index (χ1n) is 16.8. The fraction of sp³-hybridized carbons (Fsp3) is 0.657. The number of ether oxygens (including phenoxy) is 1. The molecular formula is C35H54ClN5O3. The van der Waals surface area contributed by atoms with Crippen LogP contribution in [0.15, 0.2) is 18.2 Å². The van der Waals surface area contributed by atoms with Gasteiger partial charge in [0.05, 0.1) is 24.4 Å². The number of benzene rings is 1. The number of H-pyrrole nitrogens is 1. The number of nitrogens with one attached hydrogen (secondary N) is 2. The van der Waals surface area contributed by atoms with Crippen molar-refractivity contribution in [2.24, 2.45) is 0 Å². The number of aromatic amines is 1. The number of unbranched alkanes of at least 4 members (excludes halogenated alkanes) is 13. The molecule has 0 bridgehead atoms. The maximum absolute atomic E-state index is 12.7. The van der Waals surface area contributed by atoms with E-state index in [4.69, 9.17) is 16.3 Å². The summed E-state index contributed by atoms with van der Waals surface area (Å²) in [6, 6.07) is 5.70. The maximum Gasteiger partial charge on any atom is 0.306 e. The number of esters is 1. The van der Waals surface area contributed by atoms with Crippen LogP contribution < -0.4 is 5.32 Å². The van der Waals surface area contributed by atoms with E-state index in [-0.39, 0.29) is 30.1 Å². The van der Waals surface area contributed by atoms with Gasteiger partial charge in [-0.1, -0.05) is 134 Å². The molecule has 8 nitrogen and oxygen atoms in total. The third-order valence-corrected chi connectivity index (χ3v) is 8.33. The van der Waals surface area contributed by atoms with Crippen LogP contribution in [0.25, 0.3) is 17.0 Å². The summed E-state index contributed by atoms with van der Waals surface area (Å²) in [5, 5.41) is 12.6. The van der Waals surface area contributed by atoms with Crippen LogP contribution in [0.3, 0.4) is 0 Å². The molecule has 0 spiro atoms. The third kappa shape index (κ3) is 11.6. The van der Waals surface area contributed by atoms with E-state index < -0.39 is 0 Å². The van der Waals surface area contributed by atoms with Gasteiger partial charge < -0.3 is 15.0 Å². The van der Waals surface area contributed by atoms with Gasteiger partial charge in [0, 0.05) is 17.4 Å². The number of nitrogens with zero attached hydrogens (tertiary/aromatic N) is 3. The number of hydrogen-bond donors (Lipinski definition) is 2. The molecule has 1 aromatic carbocycles. The minimum atomic E-state index is -0.337. The van der Waals surface area contributed by atoms with Crippen LogP contribution in [-0.2, 0) is 19.7 Å². The second-order valence-electron chi connectivity index (χ2n) is 13.1. The molecule has 2 N–H and O–H groups in total. The number of fused-ring (bicyclic) bond motifs is 1. The van der Waals surface area contributed by atoms with Crippen LogP contribution in [0.2, 0.25) is 5.02 Å². The monoisotopic (exact) mass is 627 g/mol. The number of rotatable bonds is 20. The summed E-state index contributed by atoms with van der Waals surface area (Å²) in [5.41, 5.74) is 3.48. The van der Waals surface area contributed by atoms with E-state index in [1.54, 1.807) is 0 Å². The summed E-state index contributed by atoms with van der Waals surface area (Å²) in [5.74, 6) is -0.0510. The molecule has 0 saturated carbocycles. The van der Waals surface area contributed by atoms with Crippen LogP contribution in [-0.4, -0.2) is 38.3 Å². The van der Waals surface area contributed by atoms with Gasteiger partial charge in [0.25, 0.3) is 0 Å². The Balaban J connectivity index is 1.32. The largest absolute Gasteiger partial charge is 0.466 e. The molecule has 1 amide bonds. The standard InChI is InChI=1S/C35H54ClN5O3/c1-6-7-8-9-10-11-12-13-14-15-16-17-18-19-24-44-30(43)23-22-29(42)37-28-21-20-26(2)25-27(28)33-38-34-31(36)32(35(3,4)5)39-41(34)40-33/h20-21,25H,6-19,22-24H2,1-5H3,(H,37,42)(H,38,40). The number of carbonyl (C=O) groups excluding carboxylic acids is 2. The van der Waals surface area contributed by atoms with Gasteiger partial charge in [0.1, 0.15) is 5.02 Å². The molecule has 9 heteroatoms. The molecular weight excluding hydrogens is 574 g/mol. The Morgan fingerprint density at radius 2 is 1.48 bits per heavy atom. The summed E-state index contributed by atoms with van der Waals surface area (Å²) >= 11 is 6.61. The van der Waals surface area contributed by atoms with Crippen LogP contribution in [0, 0.1) is 6.92 Å². The van der Waals surface area contributed by atoms with Gasteiger partial charge in [0.15, 0.2) is 11.5 Å². The number of aromatic nitrogens is 4. The molecule has 0 unspecified atom stereocenters. The van der Waals surface area contributed by atoms with E-state index in [1.807, 2.05) is 45.9 Å². The number of hydrogen-bond acceptors (Lipinski definition) is 5. The molecule has 0 atom stereocenters. The summed E-state index contributed by atoms with van der Waals surface area (Å²) in [6.45, 7) is 10.8. The predicted molar refractivity (Wildman–Crippen MR) is 180 cm³/mol. The Hall–Kier alpha value is -2.87. The molecule has 2 aromatic heterocycles. The predicted octanol–water partition coefficient (Wildman–Crippen LogP) is 9.73. The lowest BCUT2D eigenvalue weighted by Crippen LogP contribution is -2.15. The van der Waals surface area contributed by atoms with Gasteiger partial charge in [-0.25, -0.2) is 0 Å². The van der Waals surface area contributed by atoms with Crippen molar-refractivity contribution in [3.05, 3.63) is 34.5 Å². The van der Waals surface area contributed by atoms with Gasteiger partial charge >= 0.3 is 5.97 Å². The molecule has 3 aromatic rings. The topological polar surface area (TPSA) is 101 Å². The van der Waals surface area contributed by atoms with Gasteiger partial charge in [-0.05, 0) is 25.5 Å². The average Bonchev–Trinajstić information content (AvgIpc) is 3.54. The Morgan fingerprint density at radius 3 is 2.05 bits per heavy atom. The number of halogens is 1. The molecule has 0 fully saturated rings. The zero-order valence-electron chi connectivity index (χ0n) is 27.7. The van der Waals surface area contributed by atoms with Crippen molar-refractivity contribution in [1.82, 2.24) is 19.8 Å². The highest BCUT2D eigenvalue weighted by Gasteiger charge is 2.25. The minimum absolute atomic E-state index is 0.0470. The average molecular weight is 628 g/mol. The van der Waals surface area contributed by atoms with Gasteiger partial charge in [-0.3, -0.25) is 9.59 Å². The molecule has 44 heavy (non-hydrogen) atoms. The first-order valence-corrected chi connectivity index (χ1v) is 17.2. The van der Waals surface area contributed by atoms with Crippen LogP contribution >= 0.6 is 11.6 Å². The molecule has 0 saturated heterocycles. The van der Waals surface area contributed by atoms with Crippen LogP contribution in [0.5, 0.6) is 0 Å². The molecule has 0 aliphatic heterocycles. The van der Waals surface area contributed by atoms with Gasteiger partial charge in [-0.2, -0.15) is 5.10 Å².